The van der Waals surface area contributed by atoms with Crippen LogP contribution in [0.3, 0.4) is 0 Å². The van der Waals surface area contributed by atoms with E-state index in [4.69, 9.17) is 0 Å². The predicted molar refractivity (Wildman–Crippen MR) is 114 cm³/mol. The molecule has 6 nitrogen and oxygen atoms in total. The monoisotopic (exact) mass is 474 g/mol. The highest BCUT2D eigenvalue weighted by atomic mass is 127. The Bertz CT molecular complexity index is 717. The number of rotatable bonds is 6. The molecule has 25 heavy (non-hydrogen) atoms. The number of thiophene rings is 1. The number of nitrogens with zero attached hydrogens (tertiary/aromatic N) is 2. The smallest absolute Gasteiger partial charge is 0.269 e. The minimum absolute atomic E-state index is 0. The van der Waals surface area contributed by atoms with Gasteiger partial charge in [0.15, 0.2) is 5.96 Å². The van der Waals surface area contributed by atoms with Crippen LogP contribution in [0.2, 0.25) is 0 Å². The van der Waals surface area contributed by atoms with Gasteiger partial charge in [-0.25, -0.2) is 0 Å². The van der Waals surface area contributed by atoms with Crippen LogP contribution in [0.5, 0.6) is 0 Å². The van der Waals surface area contributed by atoms with Crippen LogP contribution in [0.4, 0.5) is 5.69 Å². The van der Waals surface area contributed by atoms with Gasteiger partial charge in [0.05, 0.1) is 4.92 Å². The Morgan fingerprint density at radius 3 is 2.64 bits per heavy atom. The van der Waals surface area contributed by atoms with E-state index in [1.54, 1.807) is 30.5 Å². The highest BCUT2D eigenvalue weighted by Gasteiger charge is 2.21. The average Bonchev–Trinajstić information content (AvgIpc) is 3.10. The Labute approximate surface area is 168 Å². The fraction of sp³-hybridized carbons (Fsp3) is 0.353. The lowest BCUT2D eigenvalue weighted by Gasteiger charge is -2.25. The van der Waals surface area contributed by atoms with E-state index in [1.807, 2.05) is 6.07 Å². The average molecular weight is 474 g/mol. The van der Waals surface area contributed by atoms with E-state index in [9.17, 15) is 10.1 Å². The van der Waals surface area contributed by atoms with Crippen LogP contribution in [0.15, 0.2) is 46.8 Å². The lowest BCUT2D eigenvalue weighted by Crippen LogP contribution is -2.42. The van der Waals surface area contributed by atoms with E-state index in [1.165, 1.54) is 10.9 Å². The second kappa shape index (κ2) is 9.71. The molecule has 2 aromatic rings. The quantitative estimate of drug-likeness (QED) is 0.219. The van der Waals surface area contributed by atoms with Gasteiger partial charge in [0.2, 0.25) is 0 Å². The maximum absolute atomic E-state index is 10.8. The molecule has 0 saturated carbocycles. The number of hydrogen-bond acceptors (Lipinski definition) is 4. The summed E-state index contributed by atoms with van der Waals surface area (Å²) >= 11 is 1.74. The standard InChI is InChI=1S/C17H22N4O2S.HI/c1-17(2,15-8-5-9-24-15)12-20-16(18-3)19-11-13-6-4-7-14(10-13)21(22)23;/h4-10H,11-12H2,1-3H3,(H2,18,19,20);1H. The van der Waals surface area contributed by atoms with Crippen LogP contribution in [-0.2, 0) is 12.0 Å². The topological polar surface area (TPSA) is 79.6 Å². The molecule has 1 aromatic heterocycles. The SMILES string of the molecule is CN=C(NCc1cccc([N+](=O)[O-])c1)NCC(C)(C)c1cccs1.I. The lowest BCUT2D eigenvalue weighted by atomic mass is 9.91. The zero-order chi connectivity index (χ0) is 17.6. The molecule has 0 aliphatic rings. The van der Waals surface area contributed by atoms with Crippen LogP contribution >= 0.6 is 35.3 Å². The van der Waals surface area contributed by atoms with E-state index in [0.717, 1.165) is 12.1 Å². The molecule has 2 rings (SSSR count). The molecule has 0 radical (unpaired) electrons. The molecule has 0 aliphatic carbocycles. The van der Waals surface area contributed by atoms with Gasteiger partial charge in [0, 0.05) is 42.6 Å². The Morgan fingerprint density at radius 2 is 2.04 bits per heavy atom. The van der Waals surface area contributed by atoms with Gasteiger partial charge < -0.3 is 10.6 Å². The largest absolute Gasteiger partial charge is 0.356 e. The molecule has 0 fully saturated rings. The van der Waals surface area contributed by atoms with Crippen LogP contribution < -0.4 is 10.6 Å². The summed E-state index contributed by atoms with van der Waals surface area (Å²) in [5, 5.41) is 19.4. The summed E-state index contributed by atoms with van der Waals surface area (Å²) in [6.45, 7) is 5.57. The van der Waals surface area contributed by atoms with Crippen molar-refractivity contribution in [1.29, 1.82) is 0 Å². The molecule has 1 heterocycles. The number of guanidine groups is 1. The number of benzene rings is 1. The van der Waals surface area contributed by atoms with Crippen molar-refractivity contribution in [3.05, 3.63) is 62.3 Å². The third kappa shape index (κ3) is 6.28. The van der Waals surface area contributed by atoms with E-state index in [-0.39, 0.29) is 40.0 Å². The first-order chi connectivity index (χ1) is 11.4. The lowest BCUT2D eigenvalue weighted by molar-refractivity contribution is -0.384. The Hall–Kier alpha value is -1.68. The van der Waals surface area contributed by atoms with Crippen LogP contribution in [0.25, 0.3) is 0 Å². The first-order valence-corrected chi connectivity index (χ1v) is 8.52. The van der Waals surface area contributed by atoms with Crippen molar-refractivity contribution >= 4 is 47.0 Å². The second-order valence-corrected chi connectivity index (χ2v) is 7.02. The second-order valence-electron chi connectivity index (χ2n) is 6.07. The third-order valence-corrected chi connectivity index (χ3v) is 4.93. The van der Waals surface area contributed by atoms with E-state index < -0.39 is 0 Å². The normalized spacial score (nSPS) is 11.6. The summed E-state index contributed by atoms with van der Waals surface area (Å²) in [6.07, 6.45) is 0. The summed E-state index contributed by atoms with van der Waals surface area (Å²) in [5.74, 6) is 0.672. The molecule has 0 unspecified atom stereocenters. The van der Waals surface area contributed by atoms with Gasteiger partial charge in [0.25, 0.3) is 5.69 Å². The van der Waals surface area contributed by atoms with E-state index >= 15 is 0 Å². The number of hydrogen-bond donors (Lipinski definition) is 2. The maximum atomic E-state index is 10.8. The Balaban J connectivity index is 0.00000312. The van der Waals surface area contributed by atoms with Crippen LogP contribution in [-0.4, -0.2) is 24.5 Å². The summed E-state index contributed by atoms with van der Waals surface area (Å²) in [6, 6.07) is 10.8. The molecular formula is C17H23IN4O2S. The maximum Gasteiger partial charge on any atom is 0.269 e. The summed E-state index contributed by atoms with van der Waals surface area (Å²) < 4.78 is 0. The fourth-order valence-electron chi connectivity index (χ4n) is 2.24. The molecule has 0 aliphatic heterocycles. The Morgan fingerprint density at radius 1 is 1.28 bits per heavy atom. The number of nitro groups is 1. The summed E-state index contributed by atoms with van der Waals surface area (Å²) in [5.41, 5.74) is 0.929. The van der Waals surface area contributed by atoms with Crippen molar-refractivity contribution in [3.63, 3.8) is 0 Å². The fourth-order valence-corrected chi connectivity index (χ4v) is 3.09. The molecule has 0 spiro atoms. The summed E-state index contributed by atoms with van der Waals surface area (Å²) in [4.78, 5) is 16.0. The number of halogens is 1. The highest BCUT2D eigenvalue weighted by molar-refractivity contribution is 14.0. The highest BCUT2D eigenvalue weighted by Crippen LogP contribution is 2.26. The molecule has 136 valence electrons. The first-order valence-electron chi connectivity index (χ1n) is 7.64. The first kappa shape index (κ1) is 21.4. The van der Waals surface area contributed by atoms with Crippen molar-refractivity contribution in [3.8, 4) is 0 Å². The molecular weight excluding hydrogens is 451 g/mol. The zero-order valence-corrected chi connectivity index (χ0v) is 17.6. The van der Waals surface area contributed by atoms with Crippen molar-refractivity contribution < 1.29 is 4.92 Å². The van der Waals surface area contributed by atoms with Crippen molar-refractivity contribution in [2.75, 3.05) is 13.6 Å². The van der Waals surface area contributed by atoms with Gasteiger partial charge in [-0.05, 0) is 17.0 Å². The minimum Gasteiger partial charge on any atom is -0.356 e. The third-order valence-electron chi connectivity index (χ3n) is 3.69. The van der Waals surface area contributed by atoms with E-state index in [2.05, 4.69) is 47.0 Å². The molecule has 0 amide bonds. The van der Waals surface area contributed by atoms with Gasteiger partial charge in [-0.15, -0.1) is 35.3 Å². The summed E-state index contributed by atoms with van der Waals surface area (Å²) in [7, 11) is 1.71. The van der Waals surface area contributed by atoms with Gasteiger partial charge in [0.1, 0.15) is 0 Å². The van der Waals surface area contributed by atoms with Gasteiger partial charge in [-0.2, -0.15) is 0 Å². The number of aliphatic imine (C=N–C) groups is 1. The number of nitrogens with one attached hydrogen (secondary N) is 2. The Kier molecular flexibility index (Phi) is 8.30. The number of non-ortho nitro benzene ring substituents is 1. The molecule has 0 atom stereocenters. The molecule has 1 aromatic carbocycles. The van der Waals surface area contributed by atoms with Gasteiger partial charge in [-0.1, -0.05) is 32.0 Å². The van der Waals surface area contributed by atoms with Crippen LogP contribution in [0, 0.1) is 10.1 Å². The van der Waals surface area contributed by atoms with Crippen molar-refractivity contribution in [2.45, 2.75) is 25.8 Å². The van der Waals surface area contributed by atoms with Crippen LogP contribution in [0.1, 0.15) is 24.3 Å². The minimum atomic E-state index is -0.389. The molecule has 0 saturated heterocycles. The van der Waals surface area contributed by atoms with Crippen molar-refractivity contribution in [1.82, 2.24) is 10.6 Å². The van der Waals surface area contributed by atoms with Gasteiger partial charge >= 0.3 is 0 Å². The van der Waals surface area contributed by atoms with Crippen molar-refractivity contribution in [2.24, 2.45) is 4.99 Å². The van der Waals surface area contributed by atoms with Gasteiger partial charge in [-0.3, -0.25) is 15.1 Å². The predicted octanol–water partition coefficient (Wildman–Crippen LogP) is 3.92. The molecule has 2 N–H and O–H groups in total. The number of nitro benzene ring substituents is 1. The zero-order valence-electron chi connectivity index (χ0n) is 14.5. The molecule has 0 bridgehead atoms. The van der Waals surface area contributed by atoms with E-state index in [0.29, 0.717) is 12.5 Å². The molecule has 8 heteroatoms.